The Balaban J connectivity index is 1.68. The molecule has 25 heavy (non-hydrogen) atoms. The Morgan fingerprint density at radius 3 is 2.64 bits per heavy atom. The van der Waals surface area contributed by atoms with Crippen LogP contribution in [0.1, 0.15) is 26.3 Å². The van der Waals surface area contributed by atoms with Crippen LogP contribution in [0, 0.1) is 0 Å². The standard InChI is InChI=1S/C20H21NO4/c1-24-20(23)17-9-5-8-16(13-17)19(22)21-10-11-25-18(14-21)12-15-6-3-2-4-7-15/h2-9,13,18H,10-12,14H2,1H3. The van der Waals surface area contributed by atoms with E-state index in [2.05, 4.69) is 12.1 Å². The number of carbonyl (C=O) groups is 2. The van der Waals surface area contributed by atoms with Crippen molar-refractivity contribution in [2.75, 3.05) is 26.8 Å². The molecule has 0 aliphatic carbocycles. The van der Waals surface area contributed by atoms with Crippen molar-refractivity contribution in [3.05, 3.63) is 71.3 Å². The monoisotopic (exact) mass is 339 g/mol. The zero-order valence-electron chi connectivity index (χ0n) is 14.2. The van der Waals surface area contributed by atoms with E-state index in [9.17, 15) is 9.59 Å². The normalized spacial score (nSPS) is 17.2. The van der Waals surface area contributed by atoms with Gasteiger partial charge in [0.25, 0.3) is 5.91 Å². The molecule has 0 N–H and O–H groups in total. The number of benzene rings is 2. The molecule has 130 valence electrons. The van der Waals surface area contributed by atoms with Gasteiger partial charge in [-0.15, -0.1) is 0 Å². The highest BCUT2D eigenvalue weighted by molar-refractivity contribution is 5.98. The van der Waals surface area contributed by atoms with E-state index in [4.69, 9.17) is 9.47 Å². The van der Waals surface area contributed by atoms with Crippen molar-refractivity contribution in [2.24, 2.45) is 0 Å². The average Bonchev–Trinajstić information content (AvgIpc) is 2.68. The molecule has 3 rings (SSSR count). The predicted molar refractivity (Wildman–Crippen MR) is 93.6 cm³/mol. The summed E-state index contributed by atoms with van der Waals surface area (Å²) in [5.74, 6) is -0.536. The van der Waals surface area contributed by atoms with Crippen LogP contribution in [-0.4, -0.2) is 49.7 Å². The number of hydrogen-bond acceptors (Lipinski definition) is 4. The number of amides is 1. The molecule has 0 saturated carbocycles. The van der Waals surface area contributed by atoms with Crippen molar-refractivity contribution in [1.29, 1.82) is 0 Å². The summed E-state index contributed by atoms with van der Waals surface area (Å²) >= 11 is 0. The Morgan fingerprint density at radius 1 is 1.12 bits per heavy atom. The van der Waals surface area contributed by atoms with E-state index >= 15 is 0 Å². The van der Waals surface area contributed by atoms with Gasteiger partial charge in [-0.1, -0.05) is 36.4 Å². The highest BCUT2D eigenvalue weighted by atomic mass is 16.5. The second-order valence-electron chi connectivity index (χ2n) is 6.01. The molecular formula is C20H21NO4. The van der Waals surface area contributed by atoms with Gasteiger partial charge in [-0.05, 0) is 23.8 Å². The molecule has 5 heteroatoms. The summed E-state index contributed by atoms with van der Waals surface area (Å²) in [5, 5.41) is 0. The quantitative estimate of drug-likeness (QED) is 0.804. The Morgan fingerprint density at radius 2 is 1.88 bits per heavy atom. The largest absolute Gasteiger partial charge is 0.465 e. The molecule has 0 spiro atoms. The van der Waals surface area contributed by atoms with Crippen LogP contribution < -0.4 is 0 Å². The van der Waals surface area contributed by atoms with Crippen LogP contribution in [0.3, 0.4) is 0 Å². The first kappa shape index (κ1) is 17.2. The summed E-state index contributed by atoms with van der Waals surface area (Å²) in [5.41, 5.74) is 2.06. The maximum absolute atomic E-state index is 12.8. The summed E-state index contributed by atoms with van der Waals surface area (Å²) in [6, 6.07) is 16.7. The van der Waals surface area contributed by atoms with Crippen LogP contribution in [-0.2, 0) is 15.9 Å². The second kappa shape index (κ2) is 7.94. The van der Waals surface area contributed by atoms with Crippen molar-refractivity contribution < 1.29 is 19.1 Å². The lowest BCUT2D eigenvalue weighted by atomic mass is 10.1. The first-order chi connectivity index (χ1) is 12.2. The number of nitrogens with zero attached hydrogens (tertiary/aromatic N) is 1. The lowest BCUT2D eigenvalue weighted by Gasteiger charge is -2.33. The van der Waals surface area contributed by atoms with Gasteiger partial charge in [0.15, 0.2) is 0 Å². The van der Waals surface area contributed by atoms with Crippen LogP contribution >= 0.6 is 0 Å². The summed E-state index contributed by atoms with van der Waals surface area (Å²) in [6.45, 7) is 1.60. The van der Waals surface area contributed by atoms with Crippen LogP contribution in [0.25, 0.3) is 0 Å². The third-order valence-electron chi connectivity index (χ3n) is 4.26. The molecule has 1 heterocycles. The Labute approximate surface area is 147 Å². The van der Waals surface area contributed by atoms with E-state index < -0.39 is 5.97 Å². The topological polar surface area (TPSA) is 55.8 Å². The molecule has 0 aromatic heterocycles. The van der Waals surface area contributed by atoms with E-state index in [0.717, 1.165) is 6.42 Å². The second-order valence-corrected chi connectivity index (χ2v) is 6.01. The highest BCUT2D eigenvalue weighted by Gasteiger charge is 2.25. The fourth-order valence-electron chi connectivity index (χ4n) is 2.98. The van der Waals surface area contributed by atoms with Gasteiger partial charge in [-0.3, -0.25) is 4.79 Å². The molecule has 1 saturated heterocycles. The molecular weight excluding hydrogens is 318 g/mol. The molecule has 1 unspecified atom stereocenters. The summed E-state index contributed by atoms with van der Waals surface area (Å²) in [7, 11) is 1.33. The van der Waals surface area contributed by atoms with E-state index in [1.54, 1.807) is 29.2 Å². The molecule has 0 radical (unpaired) electrons. The molecule has 2 aromatic rings. The van der Waals surface area contributed by atoms with Gasteiger partial charge in [0.2, 0.25) is 0 Å². The lowest BCUT2D eigenvalue weighted by molar-refractivity contribution is -0.0208. The van der Waals surface area contributed by atoms with Crippen molar-refractivity contribution in [2.45, 2.75) is 12.5 Å². The minimum absolute atomic E-state index is 0.0242. The highest BCUT2D eigenvalue weighted by Crippen LogP contribution is 2.15. The first-order valence-electron chi connectivity index (χ1n) is 8.30. The van der Waals surface area contributed by atoms with Crippen molar-refractivity contribution in [1.82, 2.24) is 4.90 Å². The molecule has 1 aliphatic rings. The Hall–Kier alpha value is -2.66. The van der Waals surface area contributed by atoms with Gasteiger partial charge >= 0.3 is 5.97 Å². The van der Waals surface area contributed by atoms with Crippen molar-refractivity contribution >= 4 is 11.9 Å². The van der Waals surface area contributed by atoms with Gasteiger partial charge in [0.05, 0.1) is 25.4 Å². The number of rotatable bonds is 4. The van der Waals surface area contributed by atoms with Gasteiger partial charge in [0, 0.05) is 25.1 Å². The number of esters is 1. The average molecular weight is 339 g/mol. The van der Waals surface area contributed by atoms with E-state index in [1.807, 2.05) is 18.2 Å². The SMILES string of the molecule is COC(=O)c1cccc(C(=O)N2CCOC(Cc3ccccc3)C2)c1. The number of methoxy groups -OCH3 is 1. The smallest absolute Gasteiger partial charge is 0.337 e. The lowest BCUT2D eigenvalue weighted by Crippen LogP contribution is -2.46. The van der Waals surface area contributed by atoms with Crippen LogP contribution in [0.5, 0.6) is 0 Å². The minimum Gasteiger partial charge on any atom is -0.465 e. The fourth-order valence-corrected chi connectivity index (χ4v) is 2.98. The van der Waals surface area contributed by atoms with Crippen LogP contribution in [0.2, 0.25) is 0 Å². The maximum atomic E-state index is 12.8. The molecule has 5 nitrogen and oxygen atoms in total. The number of carbonyl (C=O) groups excluding carboxylic acids is 2. The van der Waals surface area contributed by atoms with E-state index in [0.29, 0.717) is 30.8 Å². The van der Waals surface area contributed by atoms with Crippen LogP contribution in [0.15, 0.2) is 54.6 Å². The molecule has 1 fully saturated rings. The number of hydrogen-bond donors (Lipinski definition) is 0. The van der Waals surface area contributed by atoms with E-state index in [1.165, 1.54) is 12.7 Å². The van der Waals surface area contributed by atoms with Crippen LogP contribution in [0.4, 0.5) is 0 Å². The molecule has 1 amide bonds. The summed E-state index contributed by atoms with van der Waals surface area (Å²) < 4.78 is 10.5. The maximum Gasteiger partial charge on any atom is 0.337 e. The van der Waals surface area contributed by atoms with E-state index in [-0.39, 0.29) is 12.0 Å². The Kier molecular flexibility index (Phi) is 5.46. The molecule has 0 bridgehead atoms. The third kappa shape index (κ3) is 4.25. The van der Waals surface area contributed by atoms with Gasteiger partial charge < -0.3 is 14.4 Å². The van der Waals surface area contributed by atoms with Crippen molar-refractivity contribution in [3.8, 4) is 0 Å². The van der Waals surface area contributed by atoms with Gasteiger partial charge in [-0.25, -0.2) is 4.79 Å². The zero-order chi connectivity index (χ0) is 17.6. The fraction of sp³-hybridized carbons (Fsp3) is 0.300. The minimum atomic E-state index is -0.446. The summed E-state index contributed by atoms with van der Waals surface area (Å²) in [6.07, 6.45) is 0.746. The number of morpholine rings is 1. The van der Waals surface area contributed by atoms with Crippen molar-refractivity contribution in [3.63, 3.8) is 0 Å². The van der Waals surface area contributed by atoms with Gasteiger partial charge in [0.1, 0.15) is 0 Å². The predicted octanol–water partition coefficient (Wildman–Crippen LogP) is 2.56. The third-order valence-corrected chi connectivity index (χ3v) is 4.26. The zero-order valence-corrected chi connectivity index (χ0v) is 14.2. The molecule has 1 atom stereocenters. The summed E-state index contributed by atoms with van der Waals surface area (Å²) in [4.78, 5) is 26.2. The Bertz CT molecular complexity index is 744. The van der Waals surface area contributed by atoms with Gasteiger partial charge in [-0.2, -0.15) is 0 Å². The molecule has 1 aliphatic heterocycles. The first-order valence-corrected chi connectivity index (χ1v) is 8.30. The number of ether oxygens (including phenoxy) is 2. The molecule has 2 aromatic carbocycles.